The highest BCUT2D eigenvalue weighted by Crippen LogP contribution is 2.36. The van der Waals surface area contributed by atoms with Crippen molar-refractivity contribution in [1.29, 1.82) is 0 Å². The fourth-order valence-electron chi connectivity index (χ4n) is 3.33. The van der Waals surface area contributed by atoms with Gasteiger partial charge in [-0.2, -0.15) is 0 Å². The first-order chi connectivity index (χ1) is 14.5. The number of amides is 2. The van der Waals surface area contributed by atoms with E-state index in [1.54, 1.807) is 18.2 Å². The lowest BCUT2D eigenvalue weighted by Gasteiger charge is -2.15. The highest BCUT2D eigenvalue weighted by Gasteiger charge is 2.33. The minimum Gasteiger partial charge on any atom is -0.484 e. The molecule has 30 heavy (non-hydrogen) atoms. The van der Waals surface area contributed by atoms with Crippen molar-refractivity contribution >= 4 is 51.9 Å². The topological polar surface area (TPSA) is 49.9 Å². The Kier molecular flexibility index (Phi) is 6.15. The number of hydrogen-bond acceptors (Lipinski definition) is 5. The minimum absolute atomic E-state index is 0.00383. The Morgan fingerprint density at radius 2 is 1.90 bits per heavy atom. The molecule has 0 saturated carbocycles. The summed E-state index contributed by atoms with van der Waals surface area (Å²) in [6, 6.07) is 12.8. The lowest BCUT2D eigenvalue weighted by atomic mass is 10.2. The van der Waals surface area contributed by atoms with Crippen molar-refractivity contribution in [2.75, 3.05) is 24.6 Å². The second-order valence-corrected chi connectivity index (χ2v) is 8.62. The Bertz CT molecular complexity index is 1020. The summed E-state index contributed by atoms with van der Waals surface area (Å²) in [7, 11) is 0. The van der Waals surface area contributed by atoms with Crippen molar-refractivity contribution in [2.45, 2.75) is 12.8 Å². The van der Waals surface area contributed by atoms with E-state index in [-0.39, 0.29) is 24.2 Å². The molecule has 0 aromatic heterocycles. The molecule has 0 bridgehead atoms. The number of hydrogen-bond donors (Lipinski definition) is 0. The molecular weight excluding hydrogens is 423 g/mol. The third-order valence-electron chi connectivity index (χ3n) is 4.86. The smallest absolute Gasteiger partial charge is 0.270 e. The van der Waals surface area contributed by atoms with Crippen molar-refractivity contribution in [3.05, 3.63) is 64.8 Å². The van der Waals surface area contributed by atoms with E-state index in [4.69, 9.17) is 17.0 Å². The summed E-state index contributed by atoms with van der Waals surface area (Å²) in [6.45, 7) is 1.58. The van der Waals surface area contributed by atoms with Crippen LogP contribution < -0.4 is 9.64 Å². The predicted molar refractivity (Wildman–Crippen MR) is 120 cm³/mol. The molecule has 2 aromatic rings. The summed E-state index contributed by atoms with van der Waals surface area (Å²) in [5, 5.41) is 0. The number of rotatable bonds is 5. The van der Waals surface area contributed by atoms with Crippen LogP contribution in [0.2, 0.25) is 0 Å². The molecule has 154 valence electrons. The van der Waals surface area contributed by atoms with Crippen molar-refractivity contribution < 1.29 is 18.7 Å². The second kappa shape index (κ2) is 8.97. The number of nitrogens with zero attached hydrogens (tertiary/aromatic N) is 2. The number of ether oxygens (including phenoxy) is 1. The van der Waals surface area contributed by atoms with Gasteiger partial charge in [0.05, 0.1) is 10.6 Å². The first kappa shape index (κ1) is 20.6. The molecule has 2 saturated heterocycles. The van der Waals surface area contributed by atoms with Crippen molar-refractivity contribution in [3.63, 3.8) is 0 Å². The Morgan fingerprint density at radius 3 is 2.63 bits per heavy atom. The SMILES string of the molecule is O=C(COc1cccc(/C=C2\SC(=S)N(c3ccc(F)cc3)C2=O)c1)N1CCCC1. The van der Waals surface area contributed by atoms with Gasteiger partial charge in [-0.1, -0.05) is 36.1 Å². The van der Waals surface area contributed by atoms with E-state index in [1.165, 1.54) is 40.9 Å². The van der Waals surface area contributed by atoms with Crippen molar-refractivity contribution in [2.24, 2.45) is 0 Å². The Morgan fingerprint density at radius 1 is 1.17 bits per heavy atom. The van der Waals surface area contributed by atoms with Crippen LogP contribution in [0, 0.1) is 5.82 Å². The maximum atomic E-state index is 13.2. The third-order valence-corrected chi connectivity index (χ3v) is 6.16. The Labute approximate surface area is 183 Å². The number of carbonyl (C=O) groups excluding carboxylic acids is 2. The molecule has 4 rings (SSSR count). The molecule has 2 aliphatic rings. The van der Waals surface area contributed by atoms with Crippen LogP contribution in [0.15, 0.2) is 53.4 Å². The standard InChI is InChI=1S/C22H19FN2O3S2/c23-16-6-8-17(9-7-16)25-21(27)19(30-22(25)29)13-15-4-3-5-18(12-15)28-14-20(26)24-10-1-2-11-24/h3-9,12-13H,1-2,10-11,14H2/b19-13-. The molecule has 0 atom stereocenters. The van der Waals surface area contributed by atoms with Crippen LogP contribution in [0.1, 0.15) is 18.4 Å². The zero-order valence-electron chi connectivity index (χ0n) is 16.0. The second-order valence-electron chi connectivity index (χ2n) is 6.94. The van der Waals surface area contributed by atoms with Gasteiger partial charge in [-0.25, -0.2) is 4.39 Å². The number of thioether (sulfide) groups is 1. The first-order valence-corrected chi connectivity index (χ1v) is 10.8. The molecule has 8 heteroatoms. The minimum atomic E-state index is -0.375. The van der Waals surface area contributed by atoms with E-state index in [0.717, 1.165) is 31.5 Å². The van der Waals surface area contributed by atoms with E-state index in [2.05, 4.69) is 0 Å². The van der Waals surface area contributed by atoms with Crippen LogP contribution >= 0.6 is 24.0 Å². The van der Waals surface area contributed by atoms with Gasteiger partial charge in [0.15, 0.2) is 10.9 Å². The van der Waals surface area contributed by atoms with E-state index in [1.807, 2.05) is 17.0 Å². The molecule has 0 unspecified atom stereocenters. The van der Waals surface area contributed by atoms with Crippen LogP contribution in [0.4, 0.5) is 10.1 Å². The molecule has 2 heterocycles. The highest BCUT2D eigenvalue weighted by atomic mass is 32.2. The summed E-state index contributed by atoms with van der Waals surface area (Å²) in [4.78, 5) is 28.6. The maximum Gasteiger partial charge on any atom is 0.270 e. The zero-order chi connectivity index (χ0) is 21.1. The highest BCUT2D eigenvalue weighted by molar-refractivity contribution is 8.27. The van der Waals surface area contributed by atoms with Crippen LogP contribution in [0.3, 0.4) is 0 Å². The molecule has 0 aliphatic carbocycles. The fourth-order valence-corrected chi connectivity index (χ4v) is 4.63. The molecule has 2 aromatic carbocycles. The molecule has 5 nitrogen and oxygen atoms in total. The fraction of sp³-hybridized carbons (Fsp3) is 0.227. The van der Waals surface area contributed by atoms with Crippen LogP contribution in [-0.4, -0.2) is 40.7 Å². The van der Waals surface area contributed by atoms with E-state index in [0.29, 0.717) is 20.7 Å². The molecular formula is C22H19FN2O3S2. The lowest BCUT2D eigenvalue weighted by molar-refractivity contribution is -0.132. The van der Waals surface area contributed by atoms with Gasteiger partial charge in [-0.3, -0.25) is 14.5 Å². The number of halogens is 1. The van der Waals surface area contributed by atoms with Crippen LogP contribution in [-0.2, 0) is 9.59 Å². The molecule has 0 N–H and O–H groups in total. The van der Waals surface area contributed by atoms with Gasteiger partial charge in [-0.05, 0) is 60.9 Å². The number of thiocarbonyl (C=S) groups is 1. The molecule has 2 fully saturated rings. The quantitative estimate of drug-likeness (QED) is 0.512. The van der Waals surface area contributed by atoms with Gasteiger partial charge < -0.3 is 9.64 Å². The van der Waals surface area contributed by atoms with E-state index < -0.39 is 0 Å². The molecule has 2 aliphatic heterocycles. The van der Waals surface area contributed by atoms with Gasteiger partial charge in [0.2, 0.25) is 0 Å². The average molecular weight is 443 g/mol. The summed E-state index contributed by atoms with van der Waals surface area (Å²) in [5.41, 5.74) is 1.29. The lowest BCUT2D eigenvalue weighted by Crippen LogP contribution is -2.32. The van der Waals surface area contributed by atoms with Gasteiger partial charge in [0.25, 0.3) is 11.8 Å². The normalized spacial score (nSPS) is 17.8. The first-order valence-electron chi connectivity index (χ1n) is 9.55. The van der Waals surface area contributed by atoms with Gasteiger partial charge in [0, 0.05) is 13.1 Å². The molecule has 0 spiro atoms. The van der Waals surface area contributed by atoms with Gasteiger partial charge >= 0.3 is 0 Å². The van der Waals surface area contributed by atoms with Gasteiger partial charge in [0.1, 0.15) is 11.6 Å². The maximum absolute atomic E-state index is 13.2. The van der Waals surface area contributed by atoms with Crippen molar-refractivity contribution in [1.82, 2.24) is 4.90 Å². The summed E-state index contributed by atoms with van der Waals surface area (Å²) < 4.78 is 19.2. The number of carbonyl (C=O) groups is 2. The third kappa shape index (κ3) is 4.55. The van der Waals surface area contributed by atoms with E-state index in [9.17, 15) is 14.0 Å². The summed E-state index contributed by atoms with van der Waals surface area (Å²) in [5.74, 6) is -0.0877. The number of benzene rings is 2. The largest absolute Gasteiger partial charge is 0.484 e. The zero-order valence-corrected chi connectivity index (χ0v) is 17.7. The van der Waals surface area contributed by atoms with Gasteiger partial charge in [-0.15, -0.1) is 0 Å². The number of likely N-dealkylation sites (tertiary alicyclic amines) is 1. The van der Waals surface area contributed by atoms with E-state index >= 15 is 0 Å². The Hall–Kier alpha value is -2.71. The predicted octanol–water partition coefficient (Wildman–Crippen LogP) is 4.23. The number of anilines is 1. The van der Waals surface area contributed by atoms with Crippen molar-refractivity contribution in [3.8, 4) is 5.75 Å². The summed E-state index contributed by atoms with van der Waals surface area (Å²) in [6.07, 6.45) is 3.81. The average Bonchev–Trinajstić information content (AvgIpc) is 3.36. The molecule has 2 amide bonds. The Balaban J connectivity index is 1.46. The van der Waals surface area contributed by atoms with Crippen LogP contribution in [0.25, 0.3) is 6.08 Å². The molecule has 0 radical (unpaired) electrons. The monoisotopic (exact) mass is 442 g/mol. The summed E-state index contributed by atoms with van der Waals surface area (Å²) >= 11 is 6.53. The van der Waals surface area contributed by atoms with Crippen LogP contribution in [0.5, 0.6) is 5.75 Å².